The number of nitrogens with zero attached hydrogens (tertiary/aromatic N) is 1. The van der Waals surface area contributed by atoms with E-state index in [1.807, 2.05) is 19.1 Å². The highest BCUT2D eigenvalue weighted by Crippen LogP contribution is 2.26. The maximum atomic E-state index is 13.0. The fraction of sp³-hybridized carbons (Fsp3) is 0.0952. The van der Waals surface area contributed by atoms with Crippen LogP contribution in [0.25, 0.3) is 10.9 Å². The topological polar surface area (TPSA) is 92.2 Å². The molecule has 3 rings (SSSR count). The van der Waals surface area contributed by atoms with E-state index in [4.69, 9.17) is 11.6 Å². The zero-order chi connectivity index (χ0) is 21.8. The summed E-state index contributed by atoms with van der Waals surface area (Å²) < 4.78 is 1.98. The number of hydrogen-bond acceptors (Lipinski definition) is 3. The molecule has 2 aromatic carbocycles. The van der Waals surface area contributed by atoms with Crippen molar-refractivity contribution in [3.8, 4) is 0 Å². The maximum Gasteiger partial charge on any atom is 0.328 e. The number of benzene rings is 2. The number of rotatable bonds is 5. The molecule has 3 N–H and O–H groups in total. The second kappa shape index (κ2) is 9.15. The van der Waals surface area contributed by atoms with E-state index in [0.29, 0.717) is 21.6 Å². The van der Waals surface area contributed by atoms with Crippen LogP contribution < -0.4 is 16.1 Å². The Morgan fingerprint density at radius 3 is 2.60 bits per heavy atom. The highest BCUT2D eigenvalue weighted by molar-refractivity contribution is 9.10. The molecule has 9 heteroatoms. The second-order valence-corrected chi connectivity index (χ2v) is 7.74. The lowest BCUT2D eigenvalue weighted by Gasteiger charge is -2.13. The summed E-state index contributed by atoms with van der Waals surface area (Å²) in [5, 5.41) is 6.30. The Morgan fingerprint density at radius 1 is 1.13 bits per heavy atom. The molecule has 0 unspecified atom stereocenters. The number of carbonyl (C=O) groups is 3. The Bertz CT molecular complexity index is 1170. The van der Waals surface area contributed by atoms with Gasteiger partial charge in [0, 0.05) is 21.4 Å². The van der Waals surface area contributed by atoms with Crippen LogP contribution in [-0.4, -0.2) is 28.9 Å². The van der Waals surface area contributed by atoms with Crippen molar-refractivity contribution in [2.45, 2.75) is 6.92 Å². The molecule has 1 heterocycles. The molecule has 0 aliphatic heterocycles. The molecule has 3 amide bonds. The van der Waals surface area contributed by atoms with Gasteiger partial charge in [-0.05, 0) is 64.8 Å². The van der Waals surface area contributed by atoms with Gasteiger partial charge in [0.15, 0.2) is 0 Å². The van der Waals surface area contributed by atoms with Crippen molar-refractivity contribution < 1.29 is 14.4 Å². The van der Waals surface area contributed by atoms with E-state index < -0.39 is 17.7 Å². The summed E-state index contributed by atoms with van der Waals surface area (Å²) in [5.74, 6) is -2.24. The highest BCUT2D eigenvalue weighted by Gasteiger charge is 2.21. The molecule has 1 aromatic heterocycles. The Morgan fingerprint density at radius 2 is 1.90 bits per heavy atom. The minimum Gasteiger partial charge on any atom is -0.344 e. The number of amides is 3. The summed E-state index contributed by atoms with van der Waals surface area (Å²) in [6.07, 6.45) is 1.45. The van der Waals surface area contributed by atoms with Gasteiger partial charge in [0.2, 0.25) is 0 Å². The van der Waals surface area contributed by atoms with Crippen LogP contribution in [0.1, 0.15) is 16.1 Å². The van der Waals surface area contributed by atoms with Gasteiger partial charge in [0.1, 0.15) is 5.69 Å². The van der Waals surface area contributed by atoms with Crippen molar-refractivity contribution in [2.75, 3.05) is 17.3 Å². The van der Waals surface area contributed by atoms with Crippen LogP contribution in [0.5, 0.6) is 0 Å². The summed E-state index contributed by atoms with van der Waals surface area (Å²) >= 11 is 9.49. The monoisotopic (exact) mass is 488 g/mol. The van der Waals surface area contributed by atoms with Crippen LogP contribution in [0.2, 0.25) is 5.02 Å². The molecule has 3 aromatic rings. The molecule has 7 nitrogen and oxygen atoms in total. The van der Waals surface area contributed by atoms with Gasteiger partial charge in [-0.1, -0.05) is 23.7 Å². The number of anilines is 1. The average Bonchev–Trinajstić information content (AvgIpc) is 3.05. The summed E-state index contributed by atoms with van der Waals surface area (Å²) in [6.45, 7) is 5.56. The smallest absolute Gasteiger partial charge is 0.328 e. The lowest BCUT2D eigenvalue weighted by atomic mass is 10.2. The van der Waals surface area contributed by atoms with E-state index >= 15 is 0 Å². The molecule has 0 radical (unpaired) electrons. The van der Waals surface area contributed by atoms with Crippen molar-refractivity contribution in [3.05, 3.63) is 75.9 Å². The van der Waals surface area contributed by atoms with Gasteiger partial charge in [0.05, 0.1) is 11.2 Å². The first kappa shape index (κ1) is 21.6. The Hall–Kier alpha value is -3.10. The fourth-order valence-corrected chi connectivity index (χ4v) is 3.55. The summed E-state index contributed by atoms with van der Waals surface area (Å²) in [6, 6.07) is 12.0. The van der Waals surface area contributed by atoms with E-state index in [1.165, 1.54) is 10.8 Å². The minimum atomic E-state index is -0.921. The van der Waals surface area contributed by atoms with Crippen molar-refractivity contribution in [1.29, 1.82) is 0 Å². The number of hydrogen-bond donors (Lipinski definition) is 3. The maximum absolute atomic E-state index is 13.0. The van der Waals surface area contributed by atoms with Crippen LogP contribution in [0, 0.1) is 6.92 Å². The van der Waals surface area contributed by atoms with Gasteiger partial charge in [-0.2, -0.15) is 0 Å². The largest absolute Gasteiger partial charge is 0.344 e. The number of carbonyl (C=O) groups excluding carboxylic acids is 3. The first-order valence-corrected chi connectivity index (χ1v) is 10.1. The normalized spacial score (nSPS) is 10.5. The van der Waals surface area contributed by atoms with E-state index in [1.54, 1.807) is 30.3 Å². The number of aromatic nitrogens is 1. The Kier molecular flexibility index (Phi) is 6.59. The summed E-state index contributed by atoms with van der Waals surface area (Å²) in [4.78, 5) is 37.3. The Balaban J connectivity index is 1.97. The molecular formula is C21H18BrClN4O3. The summed E-state index contributed by atoms with van der Waals surface area (Å²) in [7, 11) is 0. The van der Waals surface area contributed by atoms with Crippen LogP contribution >= 0.6 is 27.5 Å². The molecule has 0 aliphatic rings. The molecule has 0 spiro atoms. The van der Waals surface area contributed by atoms with Crippen molar-refractivity contribution in [3.63, 3.8) is 0 Å². The molecule has 0 aliphatic carbocycles. The molecule has 0 atom stereocenters. The SMILES string of the molecule is C=CCNC(=O)C(=O)Nn1c(C(=O)Nc2ccc(C)cc2Br)cc2cc(Cl)ccc21. The van der Waals surface area contributed by atoms with Crippen molar-refractivity contribution >= 4 is 61.8 Å². The van der Waals surface area contributed by atoms with Gasteiger partial charge in [-0.25, -0.2) is 4.68 Å². The first-order valence-electron chi connectivity index (χ1n) is 8.88. The third kappa shape index (κ3) is 4.72. The van der Waals surface area contributed by atoms with E-state index in [2.05, 4.69) is 38.6 Å². The molecular weight excluding hydrogens is 472 g/mol. The third-order valence-corrected chi connectivity index (χ3v) is 5.09. The Labute approximate surface area is 186 Å². The lowest BCUT2D eigenvalue weighted by molar-refractivity contribution is -0.136. The predicted molar refractivity (Wildman–Crippen MR) is 121 cm³/mol. The van der Waals surface area contributed by atoms with Gasteiger partial charge in [-0.15, -0.1) is 6.58 Å². The van der Waals surface area contributed by atoms with Crippen LogP contribution in [0.15, 0.2) is 59.6 Å². The van der Waals surface area contributed by atoms with Gasteiger partial charge in [0.25, 0.3) is 5.91 Å². The third-order valence-electron chi connectivity index (χ3n) is 4.20. The number of nitrogens with one attached hydrogen (secondary N) is 3. The summed E-state index contributed by atoms with van der Waals surface area (Å²) in [5.41, 5.74) is 4.70. The zero-order valence-corrected chi connectivity index (χ0v) is 18.3. The average molecular weight is 490 g/mol. The second-order valence-electron chi connectivity index (χ2n) is 6.45. The van der Waals surface area contributed by atoms with Crippen molar-refractivity contribution in [2.24, 2.45) is 0 Å². The standard InChI is InChI=1S/C21H18BrClN4O3/c1-3-8-24-20(29)21(30)26-27-17-7-5-14(23)10-13(17)11-18(27)19(28)25-16-6-4-12(2)9-15(16)22/h3-7,9-11H,1,8H2,2H3,(H,24,29)(H,25,28)(H,26,30). The molecule has 0 saturated heterocycles. The molecule has 0 bridgehead atoms. The van der Waals surface area contributed by atoms with Crippen molar-refractivity contribution in [1.82, 2.24) is 9.99 Å². The number of fused-ring (bicyclic) bond motifs is 1. The molecule has 0 fully saturated rings. The quantitative estimate of drug-likeness (QED) is 0.374. The molecule has 0 saturated carbocycles. The predicted octanol–water partition coefficient (Wildman–Crippen LogP) is 3.99. The van der Waals surface area contributed by atoms with Crippen LogP contribution in [-0.2, 0) is 9.59 Å². The molecule has 30 heavy (non-hydrogen) atoms. The zero-order valence-electron chi connectivity index (χ0n) is 16.0. The fourth-order valence-electron chi connectivity index (χ4n) is 2.78. The van der Waals surface area contributed by atoms with Gasteiger partial charge < -0.3 is 10.6 Å². The molecule has 154 valence electrons. The van der Waals surface area contributed by atoms with E-state index in [-0.39, 0.29) is 12.2 Å². The minimum absolute atomic E-state index is 0.129. The van der Waals surface area contributed by atoms with E-state index in [9.17, 15) is 14.4 Å². The van der Waals surface area contributed by atoms with Gasteiger partial charge >= 0.3 is 11.8 Å². The number of aryl methyl sites for hydroxylation is 1. The van der Waals surface area contributed by atoms with Crippen LogP contribution in [0.4, 0.5) is 5.69 Å². The number of halogens is 2. The highest BCUT2D eigenvalue weighted by atomic mass is 79.9. The lowest BCUT2D eigenvalue weighted by Crippen LogP contribution is -2.39. The van der Waals surface area contributed by atoms with Gasteiger partial charge in [-0.3, -0.25) is 19.8 Å². The van der Waals surface area contributed by atoms with Crippen LogP contribution in [0.3, 0.4) is 0 Å². The van der Waals surface area contributed by atoms with E-state index in [0.717, 1.165) is 10.0 Å². The first-order chi connectivity index (χ1) is 14.3.